The number of amides is 1. The van der Waals surface area contributed by atoms with Crippen molar-refractivity contribution in [2.24, 2.45) is 0 Å². The fourth-order valence-corrected chi connectivity index (χ4v) is 1.23. The molecule has 14 heavy (non-hydrogen) atoms. The molecule has 1 aliphatic rings. The van der Waals surface area contributed by atoms with Gasteiger partial charge in [0.05, 0.1) is 12.1 Å². The molecule has 0 heterocycles. The summed E-state index contributed by atoms with van der Waals surface area (Å²) in [5, 5.41) is 20.0. The van der Waals surface area contributed by atoms with E-state index in [2.05, 4.69) is 5.32 Å². The van der Waals surface area contributed by atoms with Gasteiger partial charge in [-0.3, -0.25) is 9.59 Å². The van der Waals surface area contributed by atoms with Gasteiger partial charge in [-0.05, 0) is 19.3 Å². The molecule has 5 nitrogen and oxygen atoms in total. The molecule has 0 aromatic rings. The lowest BCUT2D eigenvalue weighted by atomic mass is 10.2. The molecule has 1 saturated carbocycles. The first-order chi connectivity index (χ1) is 6.58. The Morgan fingerprint density at radius 3 is 2.36 bits per heavy atom. The first kappa shape index (κ1) is 11.0. The molecule has 3 N–H and O–H groups in total. The summed E-state index contributed by atoms with van der Waals surface area (Å²) >= 11 is 0. The normalized spacial score (nSPS) is 17.5. The van der Waals surface area contributed by atoms with Gasteiger partial charge >= 0.3 is 5.97 Å². The topological polar surface area (TPSA) is 86.6 Å². The van der Waals surface area contributed by atoms with E-state index in [0.29, 0.717) is 6.42 Å². The second-order valence-electron chi connectivity index (χ2n) is 3.73. The van der Waals surface area contributed by atoms with Crippen LogP contribution in [0.5, 0.6) is 0 Å². The minimum Gasteiger partial charge on any atom is -0.481 e. The van der Waals surface area contributed by atoms with Gasteiger partial charge in [-0.25, -0.2) is 0 Å². The Bertz CT molecular complexity index is 235. The summed E-state index contributed by atoms with van der Waals surface area (Å²) in [6.07, 6.45) is 2.21. The van der Waals surface area contributed by atoms with Crippen LogP contribution in [0.2, 0.25) is 0 Å². The zero-order chi connectivity index (χ0) is 10.6. The monoisotopic (exact) mass is 201 g/mol. The molecule has 0 aliphatic heterocycles. The fourth-order valence-electron chi connectivity index (χ4n) is 1.23. The van der Waals surface area contributed by atoms with Crippen LogP contribution in [0.1, 0.15) is 32.1 Å². The van der Waals surface area contributed by atoms with Gasteiger partial charge in [0.1, 0.15) is 0 Å². The largest absolute Gasteiger partial charge is 0.481 e. The van der Waals surface area contributed by atoms with Crippen molar-refractivity contribution in [3.63, 3.8) is 0 Å². The summed E-state index contributed by atoms with van der Waals surface area (Å²) in [7, 11) is 0. The van der Waals surface area contributed by atoms with Crippen LogP contribution in [-0.4, -0.2) is 34.2 Å². The number of carboxylic acids is 1. The highest BCUT2D eigenvalue weighted by atomic mass is 16.4. The molecular formula is C9H15NO4. The van der Waals surface area contributed by atoms with Gasteiger partial charge in [-0.2, -0.15) is 0 Å². The van der Waals surface area contributed by atoms with Crippen molar-refractivity contribution >= 4 is 11.9 Å². The summed E-state index contributed by atoms with van der Waals surface area (Å²) in [6, 6.07) is 0. The van der Waals surface area contributed by atoms with E-state index in [4.69, 9.17) is 10.2 Å². The van der Waals surface area contributed by atoms with E-state index in [1.54, 1.807) is 0 Å². The number of rotatable bonds is 6. The van der Waals surface area contributed by atoms with Crippen molar-refractivity contribution in [2.75, 3.05) is 6.61 Å². The number of hydrogen-bond acceptors (Lipinski definition) is 3. The molecule has 1 rings (SSSR count). The second kappa shape index (κ2) is 4.41. The Hall–Kier alpha value is -1.10. The quantitative estimate of drug-likeness (QED) is 0.559. The Kier molecular flexibility index (Phi) is 3.46. The van der Waals surface area contributed by atoms with E-state index in [-0.39, 0.29) is 30.9 Å². The number of aliphatic hydroxyl groups excluding tert-OH is 1. The number of carbonyl (C=O) groups is 2. The summed E-state index contributed by atoms with van der Waals surface area (Å²) < 4.78 is 0. The Morgan fingerprint density at radius 1 is 1.29 bits per heavy atom. The molecule has 0 radical (unpaired) electrons. The van der Waals surface area contributed by atoms with Gasteiger partial charge in [-0.15, -0.1) is 0 Å². The fraction of sp³-hybridized carbons (Fsp3) is 0.778. The van der Waals surface area contributed by atoms with Crippen LogP contribution in [0, 0.1) is 0 Å². The number of carboxylic acid groups (broad SMARTS) is 1. The minimum atomic E-state index is -0.888. The summed E-state index contributed by atoms with van der Waals surface area (Å²) in [4.78, 5) is 21.4. The van der Waals surface area contributed by atoms with Crippen LogP contribution >= 0.6 is 0 Å². The molecule has 0 saturated heterocycles. The predicted octanol–water partition coefficient (Wildman–Crippen LogP) is -0.118. The molecule has 0 aromatic carbocycles. The number of carbonyl (C=O) groups excluding carboxylic acids is 1. The van der Waals surface area contributed by atoms with Gasteiger partial charge in [0.25, 0.3) is 0 Å². The lowest BCUT2D eigenvalue weighted by Gasteiger charge is -2.13. The summed E-state index contributed by atoms with van der Waals surface area (Å²) in [5.74, 6) is -1.06. The first-order valence-electron chi connectivity index (χ1n) is 4.72. The lowest BCUT2D eigenvalue weighted by molar-refractivity contribution is -0.137. The standard InChI is InChI=1S/C9H15NO4/c11-6-9(4-5-9)10-7(12)2-1-3-8(13)14/h11H,1-6H2,(H,10,12)(H,13,14). The van der Waals surface area contributed by atoms with E-state index >= 15 is 0 Å². The van der Waals surface area contributed by atoms with Crippen molar-refractivity contribution in [1.82, 2.24) is 5.32 Å². The number of hydrogen-bond donors (Lipinski definition) is 3. The Labute approximate surface area is 82.1 Å². The zero-order valence-corrected chi connectivity index (χ0v) is 7.95. The maximum Gasteiger partial charge on any atom is 0.303 e. The van der Waals surface area contributed by atoms with Gasteiger partial charge < -0.3 is 15.5 Å². The van der Waals surface area contributed by atoms with E-state index < -0.39 is 5.97 Å². The minimum absolute atomic E-state index is 0.0134. The summed E-state index contributed by atoms with van der Waals surface area (Å²) in [6.45, 7) is -0.0301. The van der Waals surface area contributed by atoms with E-state index in [9.17, 15) is 9.59 Å². The summed E-state index contributed by atoms with van der Waals surface area (Å²) in [5.41, 5.74) is -0.389. The molecule has 0 spiro atoms. The molecule has 0 unspecified atom stereocenters. The van der Waals surface area contributed by atoms with Crippen molar-refractivity contribution in [1.29, 1.82) is 0 Å². The van der Waals surface area contributed by atoms with E-state index in [0.717, 1.165) is 12.8 Å². The van der Waals surface area contributed by atoms with Crippen molar-refractivity contribution < 1.29 is 19.8 Å². The molecule has 5 heteroatoms. The van der Waals surface area contributed by atoms with Crippen LogP contribution in [0.4, 0.5) is 0 Å². The molecule has 0 bridgehead atoms. The SMILES string of the molecule is O=C(O)CCCC(=O)NC1(CO)CC1. The molecule has 1 amide bonds. The van der Waals surface area contributed by atoms with Crippen molar-refractivity contribution in [2.45, 2.75) is 37.6 Å². The zero-order valence-electron chi connectivity index (χ0n) is 7.95. The molecule has 1 aliphatic carbocycles. The number of aliphatic carboxylic acids is 1. The highest BCUT2D eigenvalue weighted by molar-refractivity contribution is 5.78. The molecular weight excluding hydrogens is 186 g/mol. The van der Waals surface area contributed by atoms with Gasteiger partial charge in [0, 0.05) is 12.8 Å². The van der Waals surface area contributed by atoms with E-state index in [1.807, 2.05) is 0 Å². The average molecular weight is 201 g/mol. The van der Waals surface area contributed by atoms with Crippen LogP contribution < -0.4 is 5.32 Å². The molecule has 0 aromatic heterocycles. The Morgan fingerprint density at radius 2 is 1.93 bits per heavy atom. The third-order valence-electron chi connectivity index (χ3n) is 2.36. The van der Waals surface area contributed by atoms with Crippen LogP contribution in [0.3, 0.4) is 0 Å². The molecule has 1 fully saturated rings. The van der Waals surface area contributed by atoms with Crippen molar-refractivity contribution in [3.05, 3.63) is 0 Å². The van der Waals surface area contributed by atoms with Crippen LogP contribution in [0.25, 0.3) is 0 Å². The van der Waals surface area contributed by atoms with E-state index in [1.165, 1.54) is 0 Å². The van der Waals surface area contributed by atoms with Gasteiger partial charge in [0.15, 0.2) is 0 Å². The second-order valence-corrected chi connectivity index (χ2v) is 3.73. The molecule has 80 valence electrons. The Balaban J connectivity index is 2.13. The first-order valence-corrected chi connectivity index (χ1v) is 4.72. The average Bonchev–Trinajstić information content (AvgIpc) is 2.85. The highest BCUT2D eigenvalue weighted by Crippen LogP contribution is 2.34. The third kappa shape index (κ3) is 3.33. The smallest absolute Gasteiger partial charge is 0.303 e. The van der Waals surface area contributed by atoms with Crippen LogP contribution in [-0.2, 0) is 9.59 Å². The maximum absolute atomic E-state index is 11.2. The lowest BCUT2D eigenvalue weighted by Crippen LogP contribution is -2.39. The predicted molar refractivity (Wildman–Crippen MR) is 48.7 cm³/mol. The highest BCUT2D eigenvalue weighted by Gasteiger charge is 2.43. The van der Waals surface area contributed by atoms with Gasteiger partial charge in [0.2, 0.25) is 5.91 Å². The molecule has 0 atom stereocenters. The number of aliphatic hydroxyl groups is 1. The number of nitrogens with one attached hydrogen (secondary N) is 1. The third-order valence-corrected chi connectivity index (χ3v) is 2.36. The van der Waals surface area contributed by atoms with Crippen LogP contribution in [0.15, 0.2) is 0 Å². The maximum atomic E-state index is 11.2. The van der Waals surface area contributed by atoms with Crippen molar-refractivity contribution in [3.8, 4) is 0 Å². The van der Waals surface area contributed by atoms with Gasteiger partial charge in [-0.1, -0.05) is 0 Å².